The smallest absolute Gasteiger partial charge is 0.296 e. The van der Waals surface area contributed by atoms with E-state index in [1.165, 1.54) is 13.2 Å². The molecule has 1 amide bonds. The number of hydrogen-bond acceptors (Lipinski definition) is 7. The molecule has 3 rings (SSSR count). The number of nitrogens with zero attached hydrogens (tertiary/aromatic N) is 3. The van der Waals surface area contributed by atoms with Gasteiger partial charge in [0.25, 0.3) is 11.6 Å². The minimum Gasteiger partial charge on any atom is -0.497 e. The van der Waals surface area contributed by atoms with E-state index in [-0.39, 0.29) is 18.2 Å². The molecule has 0 atom stereocenters. The van der Waals surface area contributed by atoms with Crippen molar-refractivity contribution < 1.29 is 23.9 Å². The van der Waals surface area contributed by atoms with E-state index in [0.29, 0.717) is 49.1 Å². The van der Waals surface area contributed by atoms with E-state index in [1.54, 1.807) is 48.4 Å². The van der Waals surface area contributed by atoms with Crippen LogP contribution in [0.1, 0.15) is 0 Å². The van der Waals surface area contributed by atoms with E-state index in [1.807, 2.05) is 4.90 Å². The first-order chi connectivity index (χ1) is 14.0. The Morgan fingerprint density at radius 3 is 2.14 bits per heavy atom. The molecule has 0 aromatic heterocycles. The molecule has 1 aliphatic rings. The number of carbonyl (C=O) groups is 1. The van der Waals surface area contributed by atoms with E-state index in [9.17, 15) is 14.9 Å². The Hall–Kier alpha value is -3.49. The summed E-state index contributed by atoms with van der Waals surface area (Å²) in [6.07, 6.45) is 0. The van der Waals surface area contributed by atoms with Crippen LogP contribution in [-0.2, 0) is 4.79 Å². The van der Waals surface area contributed by atoms with E-state index in [0.717, 1.165) is 0 Å². The maximum absolute atomic E-state index is 12.4. The molecule has 1 heterocycles. The van der Waals surface area contributed by atoms with Crippen molar-refractivity contribution in [1.82, 2.24) is 4.90 Å². The quantitative estimate of drug-likeness (QED) is 0.519. The third kappa shape index (κ3) is 4.87. The maximum atomic E-state index is 12.4. The summed E-state index contributed by atoms with van der Waals surface area (Å²) in [5.74, 6) is 1.62. The number of amides is 1. The van der Waals surface area contributed by atoms with Crippen LogP contribution in [0.25, 0.3) is 0 Å². The number of piperazine rings is 1. The van der Waals surface area contributed by atoms with Crippen LogP contribution in [0, 0.1) is 10.1 Å². The summed E-state index contributed by atoms with van der Waals surface area (Å²) >= 11 is 0. The number of nitro groups is 1. The first-order valence-corrected chi connectivity index (χ1v) is 9.14. The Morgan fingerprint density at radius 1 is 0.966 bits per heavy atom. The molecule has 1 fully saturated rings. The van der Waals surface area contributed by atoms with Gasteiger partial charge in [-0.25, -0.2) is 0 Å². The Kier molecular flexibility index (Phi) is 6.38. The number of benzene rings is 2. The molecule has 0 unspecified atom stereocenters. The van der Waals surface area contributed by atoms with Gasteiger partial charge in [-0.15, -0.1) is 0 Å². The van der Waals surface area contributed by atoms with Crippen molar-refractivity contribution in [3.8, 4) is 17.2 Å². The topological polar surface area (TPSA) is 94.4 Å². The summed E-state index contributed by atoms with van der Waals surface area (Å²) in [4.78, 5) is 27.0. The van der Waals surface area contributed by atoms with Gasteiger partial charge in [-0.3, -0.25) is 14.9 Å². The van der Waals surface area contributed by atoms with Gasteiger partial charge >= 0.3 is 0 Å². The number of hydrogen-bond donors (Lipinski definition) is 0. The van der Waals surface area contributed by atoms with Crippen LogP contribution in [0.5, 0.6) is 17.2 Å². The molecule has 0 saturated carbocycles. The fourth-order valence-electron chi connectivity index (χ4n) is 3.15. The third-order valence-electron chi connectivity index (χ3n) is 4.77. The summed E-state index contributed by atoms with van der Waals surface area (Å²) in [6.45, 7) is 1.87. The molecule has 0 bridgehead atoms. The zero-order valence-electron chi connectivity index (χ0n) is 16.4. The normalized spacial score (nSPS) is 13.7. The molecule has 9 nitrogen and oxygen atoms in total. The van der Waals surface area contributed by atoms with Crippen molar-refractivity contribution in [3.05, 3.63) is 52.6 Å². The SMILES string of the molecule is COc1ccc(OCC(=O)N2CCN(c3ccc(OC)cc3[N+](=O)[O-])CC2)cc1. The van der Waals surface area contributed by atoms with Gasteiger partial charge in [-0.2, -0.15) is 0 Å². The third-order valence-corrected chi connectivity index (χ3v) is 4.77. The van der Waals surface area contributed by atoms with Gasteiger partial charge in [-0.05, 0) is 36.4 Å². The van der Waals surface area contributed by atoms with Crippen molar-refractivity contribution in [3.63, 3.8) is 0 Å². The number of rotatable bonds is 7. The zero-order valence-corrected chi connectivity index (χ0v) is 16.4. The van der Waals surface area contributed by atoms with Crippen LogP contribution in [0.3, 0.4) is 0 Å². The van der Waals surface area contributed by atoms with E-state index >= 15 is 0 Å². The number of anilines is 1. The van der Waals surface area contributed by atoms with Crippen LogP contribution in [0.4, 0.5) is 11.4 Å². The molecule has 29 heavy (non-hydrogen) atoms. The van der Waals surface area contributed by atoms with E-state index in [2.05, 4.69) is 0 Å². The van der Waals surface area contributed by atoms with Crippen molar-refractivity contribution in [2.45, 2.75) is 0 Å². The summed E-state index contributed by atoms with van der Waals surface area (Å²) < 4.78 is 15.7. The second kappa shape index (κ2) is 9.13. The Labute approximate surface area is 168 Å². The molecule has 0 radical (unpaired) electrons. The minimum absolute atomic E-state index is 0.00744. The predicted molar refractivity (Wildman–Crippen MR) is 107 cm³/mol. The average Bonchev–Trinajstić information content (AvgIpc) is 2.77. The highest BCUT2D eigenvalue weighted by Crippen LogP contribution is 2.32. The van der Waals surface area contributed by atoms with Gasteiger partial charge in [0.15, 0.2) is 6.61 Å². The lowest BCUT2D eigenvalue weighted by Crippen LogP contribution is -2.50. The molecular formula is C20H23N3O6. The van der Waals surface area contributed by atoms with Crippen LogP contribution in [0.2, 0.25) is 0 Å². The lowest BCUT2D eigenvalue weighted by atomic mass is 10.2. The Balaban J connectivity index is 1.56. The second-order valence-electron chi connectivity index (χ2n) is 6.44. The van der Waals surface area contributed by atoms with Crippen LogP contribution in [0.15, 0.2) is 42.5 Å². The lowest BCUT2D eigenvalue weighted by molar-refractivity contribution is -0.384. The summed E-state index contributed by atoms with van der Waals surface area (Å²) in [6, 6.07) is 11.8. The first kappa shape index (κ1) is 20.2. The van der Waals surface area contributed by atoms with Gasteiger partial charge in [0.2, 0.25) is 0 Å². The van der Waals surface area contributed by atoms with Crippen LogP contribution in [-0.4, -0.2) is 62.7 Å². The highest BCUT2D eigenvalue weighted by molar-refractivity contribution is 5.78. The zero-order chi connectivity index (χ0) is 20.8. The number of ether oxygens (including phenoxy) is 3. The first-order valence-electron chi connectivity index (χ1n) is 9.14. The highest BCUT2D eigenvalue weighted by Gasteiger charge is 2.26. The Morgan fingerprint density at radius 2 is 1.55 bits per heavy atom. The standard InChI is InChI=1S/C20H23N3O6/c1-27-15-3-5-16(6-4-15)29-14-20(24)22-11-9-21(10-12-22)18-8-7-17(28-2)13-19(18)23(25)26/h3-8,13H,9-12,14H2,1-2H3. The molecule has 154 valence electrons. The molecule has 1 aliphatic heterocycles. The fourth-order valence-corrected chi connectivity index (χ4v) is 3.15. The fraction of sp³-hybridized carbons (Fsp3) is 0.350. The van der Waals surface area contributed by atoms with Gasteiger partial charge in [0, 0.05) is 26.2 Å². The lowest BCUT2D eigenvalue weighted by Gasteiger charge is -2.35. The average molecular weight is 401 g/mol. The van der Waals surface area contributed by atoms with Crippen molar-refractivity contribution in [2.75, 3.05) is 51.9 Å². The number of carbonyl (C=O) groups excluding carboxylic acids is 1. The molecule has 0 N–H and O–H groups in total. The van der Waals surface area contributed by atoms with Crippen LogP contribution >= 0.6 is 0 Å². The van der Waals surface area contributed by atoms with Gasteiger partial charge < -0.3 is 24.0 Å². The predicted octanol–water partition coefficient (Wildman–Crippen LogP) is 2.34. The van der Waals surface area contributed by atoms with Gasteiger partial charge in [0.1, 0.15) is 22.9 Å². The largest absolute Gasteiger partial charge is 0.497 e. The molecule has 0 aliphatic carbocycles. The molecular weight excluding hydrogens is 378 g/mol. The molecule has 2 aromatic carbocycles. The van der Waals surface area contributed by atoms with Crippen molar-refractivity contribution >= 4 is 17.3 Å². The van der Waals surface area contributed by atoms with E-state index in [4.69, 9.17) is 14.2 Å². The maximum Gasteiger partial charge on any atom is 0.296 e. The van der Waals surface area contributed by atoms with E-state index < -0.39 is 4.92 Å². The molecule has 1 saturated heterocycles. The van der Waals surface area contributed by atoms with Crippen LogP contribution < -0.4 is 19.1 Å². The molecule has 9 heteroatoms. The Bertz CT molecular complexity index is 863. The van der Waals surface area contributed by atoms with Gasteiger partial charge in [-0.1, -0.05) is 0 Å². The number of nitro benzene ring substituents is 1. The molecule has 0 spiro atoms. The van der Waals surface area contributed by atoms with Crippen molar-refractivity contribution in [2.24, 2.45) is 0 Å². The second-order valence-corrected chi connectivity index (χ2v) is 6.44. The summed E-state index contributed by atoms with van der Waals surface area (Å²) in [7, 11) is 3.05. The minimum atomic E-state index is -0.419. The number of methoxy groups -OCH3 is 2. The summed E-state index contributed by atoms with van der Waals surface area (Å²) in [5, 5.41) is 11.4. The van der Waals surface area contributed by atoms with Gasteiger partial charge in [0.05, 0.1) is 25.2 Å². The highest BCUT2D eigenvalue weighted by atomic mass is 16.6. The van der Waals surface area contributed by atoms with Crippen molar-refractivity contribution in [1.29, 1.82) is 0 Å². The monoisotopic (exact) mass is 401 g/mol. The molecule has 2 aromatic rings. The summed E-state index contributed by atoms with van der Waals surface area (Å²) in [5.41, 5.74) is 0.518.